The number of rotatable bonds is 3. The van der Waals surface area contributed by atoms with Crippen molar-refractivity contribution in [2.45, 2.75) is 19.4 Å². The smallest absolute Gasteiger partial charge is 0.243 e. The van der Waals surface area contributed by atoms with Gasteiger partial charge in [0.2, 0.25) is 5.91 Å². The van der Waals surface area contributed by atoms with E-state index < -0.39 is 5.41 Å². The Morgan fingerprint density at radius 1 is 1.58 bits per heavy atom. The Labute approximate surface area is 112 Å². The Morgan fingerprint density at radius 2 is 2.32 bits per heavy atom. The fourth-order valence-corrected chi connectivity index (χ4v) is 2.30. The van der Waals surface area contributed by atoms with E-state index in [0.29, 0.717) is 32.6 Å². The molecule has 0 bridgehead atoms. The fraction of sp³-hybridized carbons (Fsp3) is 0.500. The molecule has 2 rings (SSSR count). The van der Waals surface area contributed by atoms with Crippen LogP contribution in [-0.2, 0) is 16.1 Å². The number of aromatic nitrogens is 1. The second-order valence-corrected chi connectivity index (χ2v) is 4.83. The quantitative estimate of drug-likeness (QED) is 0.822. The van der Waals surface area contributed by atoms with Gasteiger partial charge in [-0.2, -0.15) is 5.26 Å². The van der Waals surface area contributed by atoms with E-state index in [1.54, 1.807) is 24.3 Å². The first-order chi connectivity index (χ1) is 9.18. The third-order valence-electron chi connectivity index (χ3n) is 3.46. The lowest BCUT2D eigenvalue weighted by molar-refractivity contribution is -0.142. The number of pyridine rings is 1. The van der Waals surface area contributed by atoms with E-state index in [0.717, 1.165) is 5.56 Å². The van der Waals surface area contributed by atoms with Gasteiger partial charge in [0.15, 0.2) is 0 Å². The van der Waals surface area contributed by atoms with Crippen LogP contribution in [-0.4, -0.2) is 36.1 Å². The number of carbonyl (C=O) groups is 1. The molecular weight excluding hydrogens is 242 g/mol. The van der Waals surface area contributed by atoms with Crippen LogP contribution in [0.2, 0.25) is 0 Å². The molecule has 1 aliphatic heterocycles. The van der Waals surface area contributed by atoms with E-state index in [4.69, 9.17) is 4.74 Å². The molecular formula is C14H17N3O2. The molecule has 2 heterocycles. The minimum atomic E-state index is -0.921. The molecule has 19 heavy (non-hydrogen) atoms. The second-order valence-electron chi connectivity index (χ2n) is 4.83. The zero-order valence-corrected chi connectivity index (χ0v) is 11.0. The summed E-state index contributed by atoms with van der Waals surface area (Å²) in [5.74, 6) is -0.123. The minimum Gasteiger partial charge on any atom is -0.381 e. The molecule has 1 saturated heterocycles. The first kappa shape index (κ1) is 13.5. The summed E-state index contributed by atoms with van der Waals surface area (Å²) in [6, 6.07) is 5.95. The van der Waals surface area contributed by atoms with Crippen LogP contribution in [0.15, 0.2) is 24.5 Å². The Morgan fingerprint density at radius 3 is 2.89 bits per heavy atom. The van der Waals surface area contributed by atoms with Gasteiger partial charge < -0.3 is 9.64 Å². The van der Waals surface area contributed by atoms with E-state index in [1.807, 2.05) is 12.1 Å². The largest absolute Gasteiger partial charge is 0.381 e. The predicted molar refractivity (Wildman–Crippen MR) is 68.8 cm³/mol. The fourth-order valence-electron chi connectivity index (χ4n) is 2.30. The molecule has 0 aromatic carbocycles. The lowest BCUT2D eigenvalue weighted by atomic mass is 9.80. The van der Waals surface area contributed by atoms with Gasteiger partial charge in [-0.25, -0.2) is 0 Å². The third-order valence-corrected chi connectivity index (χ3v) is 3.46. The van der Waals surface area contributed by atoms with Crippen LogP contribution in [0.4, 0.5) is 0 Å². The standard InChI is InChI=1S/C14H17N3O2/c1-17(10-12-3-2-6-16-9-12)13(18)14(11-15)4-7-19-8-5-14/h2-3,6,9H,4-5,7-8,10H2,1H3. The Balaban J connectivity index is 2.08. The maximum atomic E-state index is 12.5. The van der Waals surface area contributed by atoms with Crippen molar-refractivity contribution in [2.75, 3.05) is 20.3 Å². The topological polar surface area (TPSA) is 66.2 Å². The number of ether oxygens (including phenoxy) is 1. The lowest BCUT2D eigenvalue weighted by Gasteiger charge is -2.33. The molecule has 1 aromatic rings. The predicted octanol–water partition coefficient (Wildman–Crippen LogP) is 1.36. The van der Waals surface area contributed by atoms with Crippen molar-refractivity contribution in [1.82, 2.24) is 9.88 Å². The summed E-state index contributed by atoms with van der Waals surface area (Å²) in [5.41, 5.74) is 0.0355. The van der Waals surface area contributed by atoms with Gasteiger partial charge in [-0.1, -0.05) is 6.07 Å². The number of hydrogen-bond acceptors (Lipinski definition) is 4. The average molecular weight is 259 g/mol. The summed E-state index contributed by atoms with van der Waals surface area (Å²) in [6.07, 6.45) is 4.37. The average Bonchev–Trinajstić information content (AvgIpc) is 2.48. The normalized spacial score (nSPS) is 17.5. The van der Waals surface area contributed by atoms with E-state index >= 15 is 0 Å². The maximum absolute atomic E-state index is 12.5. The van der Waals surface area contributed by atoms with Crippen LogP contribution in [0, 0.1) is 16.7 Å². The molecule has 0 radical (unpaired) electrons. The van der Waals surface area contributed by atoms with E-state index in [9.17, 15) is 10.1 Å². The number of carbonyl (C=O) groups excluding carboxylic acids is 1. The van der Waals surface area contributed by atoms with Crippen molar-refractivity contribution in [2.24, 2.45) is 5.41 Å². The first-order valence-electron chi connectivity index (χ1n) is 6.31. The summed E-state index contributed by atoms with van der Waals surface area (Å²) in [7, 11) is 1.73. The van der Waals surface area contributed by atoms with Crippen molar-refractivity contribution in [3.8, 4) is 6.07 Å². The molecule has 1 aromatic heterocycles. The van der Waals surface area contributed by atoms with Crippen LogP contribution in [0.25, 0.3) is 0 Å². The van der Waals surface area contributed by atoms with Gasteiger partial charge in [0.1, 0.15) is 5.41 Å². The van der Waals surface area contributed by atoms with E-state index in [1.165, 1.54) is 0 Å². The lowest BCUT2D eigenvalue weighted by Crippen LogP contribution is -2.44. The summed E-state index contributed by atoms with van der Waals surface area (Å²) >= 11 is 0. The number of amides is 1. The summed E-state index contributed by atoms with van der Waals surface area (Å²) in [5, 5.41) is 9.36. The van der Waals surface area contributed by atoms with Crippen LogP contribution >= 0.6 is 0 Å². The van der Waals surface area contributed by atoms with Gasteiger partial charge in [0.05, 0.1) is 6.07 Å². The SMILES string of the molecule is CN(Cc1cccnc1)C(=O)C1(C#N)CCOCC1. The number of hydrogen-bond donors (Lipinski definition) is 0. The molecule has 0 saturated carbocycles. The number of nitrogens with zero attached hydrogens (tertiary/aromatic N) is 3. The molecule has 1 aliphatic rings. The van der Waals surface area contributed by atoms with Crippen molar-refractivity contribution in [3.05, 3.63) is 30.1 Å². The maximum Gasteiger partial charge on any atom is 0.243 e. The zero-order chi connectivity index (χ0) is 13.7. The van der Waals surface area contributed by atoms with Crippen molar-refractivity contribution in [3.63, 3.8) is 0 Å². The van der Waals surface area contributed by atoms with Crippen LogP contribution in [0.3, 0.4) is 0 Å². The molecule has 0 unspecified atom stereocenters. The second kappa shape index (κ2) is 5.81. The molecule has 0 N–H and O–H groups in total. The zero-order valence-electron chi connectivity index (χ0n) is 11.0. The monoisotopic (exact) mass is 259 g/mol. The van der Waals surface area contributed by atoms with Gasteiger partial charge in [0, 0.05) is 39.2 Å². The minimum absolute atomic E-state index is 0.123. The molecule has 1 amide bonds. The van der Waals surface area contributed by atoms with Gasteiger partial charge in [0.25, 0.3) is 0 Å². The van der Waals surface area contributed by atoms with E-state index in [2.05, 4.69) is 11.1 Å². The molecule has 0 aliphatic carbocycles. The van der Waals surface area contributed by atoms with Crippen LogP contribution in [0.5, 0.6) is 0 Å². The first-order valence-corrected chi connectivity index (χ1v) is 6.31. The Kier molecular flexibility index (Phi) is 4.13. The molecule has 0 atom stereocenters. The molecule has 5 nitrogen and oxygen atoms in total. The third kappa shape index (κ3) is 2.91. The Hall–Kier alpha value is -1.93. The van der Waals surface area contributed by atoms with Crippen LogP contribution < -0.4 is 0 Å². The molecule has 5 heteroatoms. The Bertz CT molecular complexity index is 475. The highest BCUT2D eigenvalue weighted by Crippen LogP contribution is 2.32. The number of nitriles is 1. The molecule has 1 fully saturated rings. The van der Waals surface area contributed by atoms with Crippen LogP contribution in [0.1, 0.15) is 18.4 Å². The summed E-state index contributed by atoms with van der Waals surface area (Å²) in [4.78, 5) is 18.1. The van der Waals surface area contributed by atoms with Crippen molar-refractivity contribution >= 4 is 5.91 Å². The van der Waals surface area contributed by atoms with Gasteiger partial charge in [-0.05, 0) is 24.5 Å². The highest BCUT2D eigenvalue weighted by atomic mass is 16.5. The summed E-state index contributed by atoms with van der Waals surface area (Å²) in [6.45, 7) is 1.41. The van der Waals surface area contributed by atoms with Gasteiger partial charge in [-0.15, -0.1) is 0 Å². The summed E-state index contributed by atoms with van der Waals surface area (Å²) < 4.78 is 5.24. The van der Waals surface area contributed by atoms with Gasteiger partial charge >= 0.3 is 0 Å². The highest BCUT2D eigenvalue weighted by molar-refractivity contribution is 5.85. The van der Waals surface area contributed by atoms with Gasteiger partial charge in [-0.3, -0.25) is 9.78 Å². The van der Waals surface area contributed by atoms with Crippen molar-refractivity contribution in [1.29, 1.82) is 5.26 Å². The molecule has 100 valence electrons. The highest BCUT2D eigenvalue weighted by Gasteiger charge is 2.42. The van der Waals surface area contributed by atoms with E-state index in [-0.39, 0.29) is 5.91 Å². The van der Waals surface area contributed by atoms with Crippen molar-refractivity contribution < 1.29 is 9.53 Å². The molecule has 0 spiro atoms.